The molecular weight excluding hydrogens is 258 g/mol. The quantitative estimate of drug-likeness (QED) is 0.683. The van der Waals surface area contributed by atoms with E-state index in [1.807, 2.05) is 53.1 Å². The fourth-order valence-corrected chi connectivity index (χ4v) is 4.83. The second kappa shape index (κ2) is 7.64. The highest BCUT2D eigenvalue weighted by molar-refractivity contribution is 6.76. The highest BCUT2D eigenvalue weighted by atomic mass is 28.4. The van der Waals surface area contributed by atoms with Crippen LogP contribution < -0.4 is 10.1 Å². The Balaban J connectivity index is 3.29. The van der Waals surface area contributed by atoms with Crippen molar-refractivity contribution in [3.05, 3.63) is 24.3 Å². The minimum absolute atomic E-state index is 0.577. The van der Waals surface area contributed by atoms with Crippen LogP contribution in [0.25, 0.3) is 0 Å². The van der Waals surface area contributed by atoms with E-state index in [1.165, 1.54) is 0 Å². The molecule has 4 nitrogen and oxygen atoms in total. The molecule has 0 amide bonds. The van der Waals surface area contributed by atoms with Crippen LogP contribution in [0.4, 0.5) is 5.69 Å². The molecular formula is C14H25NO3Si. The van der Waals surface area contributed by atoms with E-state index in [0.717, 1.165) is 10.9 Å². The molecule has 0 radical (unpaired) electrons. The molecule has 0 bridgehead atoms. The Labute approximate surface area is 117 Å². The van der Waals surface area contributed by atoms with Crippen molar-refractivity contribution >= 4 is 19.7 Å². The van der Waals surface area contributed by atoms with E-state index in [0.29, 0.717) is 19.8 Å². The van der Waals surface area contributed by atoms with Gasteiger partial charge in [-0.15, -0.1) is 0 Å². The molecule has 1 aromatic carbocycles. The minimum atomic E-state index is -2.82. The standard InChI is InChI=1S/C14H25NO3Si/c1-6-16-19(17-7-2,18-8-3)14-12-10-9-11-13(14)15(4)5/h9-12H,6-8H2,1-5H3. The van der Waals surface area contributed by atoms with Gasteiger partial charge in [0.05, 0.1) is 0 Å². The van der Waals surface area contributed by atoms with E-state index in [1.54, 1.807) is 0 Å². The summed E-state index contributed by atoms with van der Waals surface area (Å²) in [5.41, 5.74) is 1.09. The van der Waals surface area contributed by atoms with Crippen LogP contribution in [0, 0.1) is 0 Å². The summed E-state index contributed by atoms with van der Waals surface area (Å²) >= 11 is 0. The van der Waals surface area contributed by atoms with Crippen LogP contribution in [0.1, 0.15) is 20.8 Å². The van der Waals surface area contributed by atoms with Crippen molar-refractivity contribution in [1.29, 1.82) is 0 Å². The summed E-state index contributed by atoms with van der Waals surface area (Å²) in [6, 6.07) is 8.12. The van der Waals surface area contributed by atoms with E-state index < -0.39 is 8.80 Å². The van der Waals surface area contributed by atoms with Gasteiger partial charge in [0.15, 0.2) is 0 Å². The van der Waals surface area contributed by atoms with Gasteiger partial charge in [0.1, 0.15) is 0 Å². The molecule has 5 heteroatoms. The summed E-state index contributed by atoms with van der Waals surface area (Å²) in [7, 11) is 1.21. The highest BCUT2D eigenvalue weighted by Gasteiger charge is 2.45. The Morgan fingerprint density at radius 3 is 1.79 bits per heavy atom. The summed E-state index contributed by atoms with van der Waals surface area (Å²) in [5.74, 6) is 0. The van der Waals surface area contributed by atoms with E-state index in [2.05, 4.69) is 11.0 Å². The average Bonchev–Trinajstić information content (AvgIpc) is 2.39. The van der Waals surface area contributed by atoms with E-state index >= 15 is 0 Å². The van der Waals surface area contributed by atoms with Gasteiger partial charge in [-0.1, -0.05) is 18.2 Å². The summed E-state index contributed by atoms with van der Waals surface area (Å²) in [4.78, 5) is 2.06. The summed E-state index contributed by atoms with van der Waals surface area (Å²) < 4.78 is 17.9. The van der Waals surface area contributed by atoms with Gasteiger partial charge in [-0.25, -0.2) is 0 Å². The van der Waals surface area contributed by atoms with Crippen molar-refractivity contribution in [1.82, 2.24) is 0 Å². The Kier molecular flexibility index (Phi) is 6.51. The molecule has 0 heterocycles. The first kappa shape index (κ1) is 16.2. The van der Waals surface area contributed by atoms with Crippen molar-refractivity contribution in [2.24, 2.45) is 0 Å². The molecule has 0 aliphatic heterocycles. The minimum Gasteiger partial charge on any atom is -0.378 e. The van der Waals surface area contributed by atoms with E-state index in [9.17, 15) is 0 Å². The third-order valence-corrected chi connectivity index (χ3v) is 5.81. The van der Waals surface area contributed by atoms with Crippen LogP contribution in [0.5, 0.6) is 0 Å². The topological polar surface area (TPSA) is 30.9 Å². The first-order valence-corrected chi connectivity index (χ1v) is 8.52. The second-order valence-electron chi connectivity index (χ2n) is 4.27. The lowest BCUT2D eigenvalue weighted by atomic mass is 10.3. The predicted octanol–water partition coefficient (Wildman–Crippen LogP) is 2.01. The van der Waals surface area contributed by atoms with Gasteiger partial charge >= 0.3 is 8.80 Å². The lowest BCUT2D eigenvalue weighted by Crippen LogP contribution is -2.58. The smallest absolute Gasteiger partial charge is 0.378 e. The number of rotatable bonds is 8. The molecule has 0 saturated carbocycles. The molecule has 19 heavy (non-hydrogen) atoms. The average molecular weight is 283 g/mol. The van der Waals surface area contributed by atoms with Crippen LogP contribution in [-0.2, 0) is 13.3 Å². The van der Waals surface area contributed by atoms with Crippen molar-refractivity contribution in [2.45, 2.75) is 20.8 Å². The van der Waals surface area contributed by atoms with Gasteiger partial charge in [-0.2, -0.15) is 0 Å². The Hall–Kier alpha value is -0.883. The molecule has 0 aliphatic carbocycles. The molecule has 0 unspecified atom stereocenters. The number of hydrogen-bond donors (Lipinski definition) is 0. The van der Waals surface area contributed by atoms with Crippen molar-refractivity contribution in [3.8, 4) is 0 Å². The molecule has 0 N–H and O–H groups in total. The maximum absolute atomic E-state index is 5.96. The van der Waals surface area contributed by atoms with Crippen molar-refractivity contribution in [2.75, 3.05) is 38.8 Å². The highest BCUT2D eigenvalue weighted by Crippen LogP contribution is 2.18. The zero-order chi connectivity index (χ0) is 14.3. The van der Waals surface area contributed by atoms with Crippen LogP contribution in [-0.4, -0.2) is 42.7 Å². The number of para-hydroxylation sites is 1. The summed E-state index contributed by atoms with van der Waals surface area (Å²) in [5, 5.41) is 1.03. The zero-order valence-electron chi connectivity index (χ0n) is 12.6. The number of nitrogens with zero attached hydrogens (tertiary/aromatic N) is 1. The first-order chi connectivity index (χ1) is 9.11. The maximum atomic E-state index is 5.96. The molecule has 0 saturated heterocycles. The number of anilines is 1. The molecule has 0 atom stereocenters. The number of benzene rings is 1. The molecule has 0 aliphatic rings. The van der Waals surface area contributed by atoms with Crippen molar-refractivity contribution in [3.63, 3.8) is 0 Å². The summed E-state index contributed by atoms with van der Waals surface area (Å²) in [6.45, 7) is 7.64. The maximum Gasteiger partial charge on any atom is 0.539 e. The lowest BCUT2D eigenvalue weighted by molar-refractivity contribution is 0.0860. The van der Waals surface area contributed by atoms with E-state index in [4.69, 9.17) is 13.3 Å². The van der Waals surface area contributed by atoms with E-state index in [-0.39, 0.29) is 0 Å². The fraction of sp³-hybridized carbons (Fsp3) is 0.571. The molecule has 1 rings (SSSR count). The van der Waals surface area contributed by atoms with Gasteiger partial charge in [0.25, 0.3) is 0 Å². The molecule has 0 aromatic heterocycles. The monoisotopic (exact) mass is 283 g/mol. The number of hydrogen-bond acceptors (Lipinski definition) is 4. The second-order valence-corrected chi connectivity index (χ2v) is 6.78. The van der Waals surface area contributed by atoms with Crippen LogP contribution in [0.3, 0.4) is 0 Å². The van der Waals surface area contributed by atoms with Gasteiger partial charge < -0.3 is 18.2 Å². The van der Waals surface area contributed by atoms with Gasteiger partial charge in [0.2, 0.25) is 0 Å². The van der Waals surface area contributed by atoms with Crippen LogP contribution >= 0.6 is 0 Å². The first-order valence-electron chi connectivity index (χ1n) is 6.80. The summed E-state index contributed by atoms with van der Waals surface area (Å²) in [6.07, 6.45) is 0. The zero-order valence-corrected chi connectivity index (χ0v) is 13.6. The molecule has 0 spiro atoms. The molecule has 108 valence electrons. The van der Waals surface area contributed by atoms with Gasteiger partial charge in [-0.3, -0.25) is 0 Å². The lowest BCUT2D eigenvalue weighted by Gasteiger charge is -2.31. The van der Waals surface area contributed by atoms with Gasteiger partial charge in [0, 0.05) is 44.8 Å². The third kappa shape index (κ3) is 3.79. The molecule has 0 fully saturated rings. The largest absolute Gasteiger partial charge is 0.539 e. The van der Waals surface area contributed by atoms with Crippen molar-refractivity contribution < 1.29 is 13.3 Å². The van der Waals surface area contributed by atoms with Gasteiger partial charge in [-0.05, 0) is 26.8 Å². The normalized spacial score (nSPS) is 11.6. The third-order valence-electron chi connectivity index (χ3n) is 2.72. The van der Waals surface area contributed by atoms with Crippen LogP contribution in [0.15, 0.2) is 24.3 Å². The SMILES string of the molecule is CCO[Si](OCC)(OCC)c1ccccc1N(C)C. The fourth-order valence-electron chi connectivity index (χ4n) is 2.05. The predicted molar refractivity (Wildman–Crippen MR) is 81.0 cm³/mol. The Morgan fingerprint density at radius 1 is 0.895 bits per heavy atom. The molecule has 1 aromatic rings. The van der Waals surface area contributed by atoms with Crippen LogP contribution in [0.2, 0.25) is 0 Å². The Bertz CT molecular complexity index is 368. The Morgan fingerprint density at radius 2 is 1.37 bits per heavy atom.